The zero-order valence-corrected chi connectivity index (χ0v) is 9.44. The van der Waals surface area contributed by atoms with Crippen molar-refractivity contribution in [1.29, 1.82) is 0 Å². The van der Waals surface area contributed by atoms with E-state index in [0.29, 0.717) is 23.1 Å². The molecule has 0 radical (unpaired) electrons. The highest BCUT2D eigenvalue weighted by Gasteiger charge is 2.16. The summed E-state index contributed by atoms with van der Waals surface area (Å²) >= 11 is 5.92. The number of benzene rings is 1. The van der Waals surface area contributed by atoms with E-state index in [4.69, 9.17) is 11.6 Å². The first-order valence-corrected chi connectivity index (χ1v) is 5.21. The summed E-state index contributed by atoms with van der Waals surface area (Å²) in [6.45, 7) is 0.345. The van der Waals surface area contributed by atoms with Crippen LogP contribution in [0.2, 0.25) is 5.02 Å². The maximum Gasteiger partial charge on any atom is 0.293 e. The minimum absolute atomic E-state index is 0.0518. The van der Waals surface area contributed by atoms with Gasteiger partial charge in [-0.1, -0.05) is 17.7 Å². The molecule has 0 bridgehead atoms. The fourth-order valence-corrected chi connectivity index (χ4v) is 1.64. The first kappa shape index (κ1) is 11.4. The first-order chi connectivity index (χ1) is 8.18. The van der Waals surface area contributed by atoms with Crippen molar-refractivity contribution in [2.45, 2.75) is 6.54 Å². The molecule has 0 saturated carbocycles. The Morgan fingerprint density at radius 1 is 1.53 bits per heavy atom. The van der Waals surface area contributed by atoms with E-state index in [2.05, 4.69) is 15.3 Å². The first-order valence-electron chi connectivity index (χ1n) is 4.83. The normalized spacial score (nSPS) is 10.2. The molecule has 0 aliphatic rings. The number of hydrogen-bond acceptors (Lipinski definition) is 4. The Balaban J connectivity index is 2.22. The molecule has 0 amide bonds. The van der Waals surface area contributed by atoms with Gasteiger partial charge in [0.2, 0.25) is 0 Å². The second kappa shape index (κ2) is 4.84. The predicted molar refractivity (Wildman–Crippen MR) is 64.0 cm³/mol. The van der Waals surface area contributed by atoms with Crippen LogP contribution in [0, 0.1) is 10.1 Å². The fourth-order valence-electron chi connectivity index (χ4n) is 1.41. The number of aromatic nitrogens is 2. The summed E-state index contributed by atoms with van der Waals surface area (Å²) in [6.07, 6.45) is 3.29. The fraction of sp³-hybridized carbons (Fsp3) is 0.100. The van der Waals surface area contributed by atoms with Gasteiger partial charge in [-0.15, -0.1) is 0 Å². The van der Waals surface area contributed by atoms with Gasteiger partial charge in [0, 0.05) is 18.5 Å². The van der Waals surface area contributed by atoms with Crippen LogP contribution in [0.1, 0.15) is 5.82 Å². The average molecular weight is 253 g/mol. The van der Waals surface area contributed by atoms with Crippen molar-refractivity contribution >= 4 is 23.0 Å². The lowest BCUT2D eigenvalue weighted by atomic mass is 10.2. The number of nitro benzene ring substituents is 1. The number of anilines is 1. The summed E-state index contributed by atoms with van der Waals surface area (Å²) in [5.74, 6) is 0.680. The highest BCUT2D eigenvalue weighted by Crippen LogP contribution is 2.31. The number of H-pyrrole nitrogens is 1. The Morgan fingerprint density at radius 2 is 2.35 bits per heavy atom. The standard InChI is InChI=1S/C10H9ClN4O2/c11-7-2-1-3-8(15(16)17)10(7)14-6-9-12-4-5-13-9/h1-5,14H,6H2,(H,12,13). The van der Waals surface area contributed by atoms with Crippen LogP contribution in [0.3, 0.4) is 0 Å². The van der Waals surface area contributed by atoms with Crippen LogP contribution in [0.4, 0.5) is 11.4 Å². The second-order valence-corrected chi connectivity index (χ2v) is 3.69. The van der Waals surface area contributed by atoms with Crippen molar-refractivity contribution in [3.8, 4) is 0 Å². The lowest BCUT2D eigenvalue weighted by molar-refractivity contribution is -0.383. The minimum Gasteiger partial charge on any atom is -0.371 e. The highest BCUT2D eigenvalue weighted by molar-refractivity contribution is 6.33. The third-order valence-corrected chi connectivity index (χ3v) is 2.49. The molecule has 17 heavy (non-hydrogen) atoms. The number of halogens is 1. The molecule has 6 nitrogen and oxygen atoms in total. The van der Waals surface area contributed by atoms with Crippen LogP contribution in [0.5, 0.6) is 0 Å². The van der Waals surface area contributed by atoms with E-state index in [1.807, 2.05) is 0 Å². The summed E-state index contributed by atoms with van der Waals surface area (Å²) in [4.78, 5) is 17.2. The lowest BCUT2D eigenvalue weighted by Gasteiger charge is -2.07. The van der Waals surface area contributed by atoms with Gasteiger partial charge in [-0.25, -0.2) is 4.98 Å². The van der Waals surface area contributed by atoms with Crippen LogP contribution in [-0.2, 0) is 6.54 Å². The topological polar surface area (TPSA) is 83.8 Å². The van der Waals surface area contributed by atoms with Gasteiger partial charge in [-0.3, -0.25) is 10.1 Å². The van der Waals surface area contributed by atoms with Gasteiger partial charge in [0.15, 0.2) is 0 Å². The van der Waals surface area contributed by atoms with E-state index < -0.39 is 4.92 Å². The molecule has 1 aromatic heterocycles. The van der Waals surface area contributed by atoms with Crippen molar-refractivity contribution in [1.82, 2.24) is 9.97 Å². The molecule has 2 N–H and O–H groups in total. The highest BCUT2D eigenvalue weighted by atomic mass is 35.5. The Hall–Kier alpha value is -2.08. The second-order valence-electron chi connectivity index (χ2n) is 3.28. The molecule has 0 aliphatic carbocycles. The smallest absolute Gasteiger partial charge is 0.293 e. The molecule has 2 rings (SSSR count). The molecule has 0 unspecified atom stereocenters. The monoisotopic (exact) mass is 252 g/mol. The number of nitrogens with zero attached hydrogens (tertiary/aromatic N) is 2. The maximum absolute atomic E-state index is 10.8. The Bertz CT molecular complexity index is 527. The number of hydrogen-bond donors (Lipinski definition) is 2. The molecule has 0 atom stereocenters. The third-order valence-electron chi connectivity index (χ3n) is 2.18. The number of rotatable bonds is 4. The van der Waals surface area contributed by atoms with Gasteiger partial charge in [0.25, 0.3) is 5.69 Å². The van der Waals surface area contributed by atoms with Crippen molar-refractivity contribution in [2.75, 3.05) is 5.32 Å². The van der Waals surface area contributed by atoms with Crippen LogP contribution < -0.4 is 5.32 Å². The average Bonchev–Trinajstić information content (AvgIpc) is 2.80. The Morgan fingerprint density at radius 3 is 3.00 bits per heavy atom. The van der Waals surface area contributed by atoms with E-state index in [9.17, 15) is 10.1 Å². The molecule has 88 valence electrons. The van der Waals surface area contributed by atoms with Crippen LogP contribution >= 0.6 is 11.6 Å². The largest absolute Gasteiger partial charge is 0.371 e. The Labute approximate surface area is 102 Å². The van der Waals surface area contributed by atoms with Gasteiger partial charge in [0.05, 0.1) is 16.5 Å². The van der Waals surface area contributed by atoms with Crippen molar-refractivity contribution < 1.29 is 4.92 Å². The zero-order chi connectivity index (χ0) is 12.3. The SMILES string of the molecule is O=[N+]([O-])c1cccc(Cl)c1NCc1ncc[nH]1. The summed E-state index contributed by atoms with van der Waals surface area (Å²) in [7, 11) is 0. The quantitative estimate of drug-likeness (QED) is 0.647. The molecular weight excluding hydrogens is 244 g/mol. The van der Waals surface area contributed by atoms with Gasteiger partial charge in [-0.05, 0) is 6.07 Å². The van der Waals surface area contributed by atoms with E-state index in [0.717, 1.165) is 0 Å². The molecule has 0 fully saturated rings. The Kier molecular flexibility index (Phi) is 3.24. The lowest BCUT2D eigenvalue weighted by Crippen LogP contribution is -2.04. The zero-order valence-electron chi connectivity index (χ0n) is 8.68. The summed E-state index contributed by atoms with van der Waals surface area (Å²) < 4.78 is 0. The number of nitro groups is 1. The van der Waals surface area contributed by atoms with Gasteiger partial charge in [0.1, 0.15) is 11.5 Å². The summed E-state index contributed by atoms with van der Waals surface area (Å²) in [6, 6.07) is 4.54. The van der Waals surface area contributed by atoms with Crippen molar-refractivity contribution in [2.24, 2.45) is 0 Å². The van der Waals surface area contributed by atoms with Crippen LogP contribution in [0.15, 0.2) is 30.6 Å². The molecule has 0 saturated heterocycles. The molecular formula is C10H9ClN4O2. The van der Waals surface area contributed by atoms with E-state index in [1.54, 1.807) is 24.5 Å². The van der Waals surface area contributed by atoms with Gasteiger partial charge >= 0.3 is 0 Å². The molecule has 0 aliphatic heterocycles. The van der Waals surface area contributed by atoms with Crippen LogP contribution in [0.25, 0.3) is 0 Å². The van der Waals surface area contributed by atoms with Crippen LogP contribution in [-0.4, -0.2) is 14.9 Å². The van der Waals surface area contributed by atoms with Gasteiger partial charge < -0.3 is 10.3 Å². The number of imidazole rings is 1. The number of nitrogens with one attached hydrogen (secondary N) is 2. The maximum atomic E-state index is 10.8. The molecule has 1 aromatic carbocycles. The van der Waals surface area contributed by atoms with Crippen molar-refractivity contribution in [3.63, 3.8) is 0 Å². The summed E-state index contributed by atoms with van der Waals surface area (Å²) in [5, 5.41) is 14.0. The number of para-hydroxylation sites is 1. The van der Waals surface area contributed by atoms with E-state index >= 15 is 0 Å². The third kappa shape index (κ3) is 2.54. The summed E-state index contributed by atoms with van der Waals surface area (Å²) in [5.41, 5.74) is 0.250. The predicted octanol–water partition coefficient (Wildman–Crippen LogP) is 2.58. The van der Waals surface area contributed by atoms with Gasteiger partial charge in [-0.2, -0.15) is 0 Å². The molecule has 7 heteroatoms. The molecule has 0 spiro atoms. The molecule has 2 aromatic rings. The number of aromatic amines is 1. The molecule has 1 heterocycles. The van der Waals surface area contributed by atoms with E-state index in [1.165, 1.54) is 6.07 Å². The van der Waals surface area contributed by atoms with E-state index in [-0.39, 0.29) is 5.69 Å². The minimum atomic E-state index is -0.476. The van der Waals surface area contributed by atoms with Crippen molar-refractivity contribution in [3.05, 3.63) is 51.6 Å².